The van der Waals surface area contributed by atoms with Gasteiger partial charge in [0.1, 0.15) is 5.82 Å². The van der Waals surface area contributed by atoms with E-state index in [2.05, 4.69) is 9.97 Å². The fraction of sp³-hybridized carbons (Fsp3) is 0.455. The summed E-state index contributed by atoms with van der Waals surface area (Å²) in [5.41, 5.74) is 1.99. The molecule has 4 fully saturated rings. The van der Waals surface area contributed by atoms with Crippen molar-refractivity contribution < 1.29 is 9.59 Å². The van der Waals surface area contributed by atoms with Crippen molar-refractivity contribution in [2.75, 3.05) is 13.1 Å². The van der Waals surface area contributed by atoms with Crippen LogP contribution < -0.4 is 0 Å². The molecule has 4 aliphatic rings. The van der Waals surface area contributed by atoms with Crippen LogP contribution in [0.2, 0.25) is 0 Å². The van der Waals surface area contributed by atoms with E-state index >= 15 is 0 Å². The molecule has 144 valence electrons. The highest BCUT2D eigenvalue weighted by molar-refractivity contribution is 6.35. The molecule has 2 amide bonds. The number of aromatic nitrogens is 2. The van der Waals surface area contributed by atoms with E-state index in [9.17, 15) is 9.59 Å². The smallest absolute Gasteiger partial charge is 0.312 e. The van der Waals surface area contributed by atoms with Crippen LogP contribution in [-0.4, -0.2) is 50.7 Å². The van der Waals surface area contributed by atoms with E-state index in [1.54, 1.807) is 17.3 Å². The van der Waals surface area contributed by atoms with Crippen LogP contribution in [0.5, 0.6) is 0 Å². The van der Waals surface area contributed by atoms with Crippen LogP contribution in [0.1, 0.15) is 31.5 Å². The van der Waals surface area contributed by atoms with Gasteiger partial charge in [-0.1, -0.05) is 30.3 Å². The van der Waals surface area contributed by atoms with Gasteiger partial charge in [-0.05, 0) is 43.1 Å². The molecular weight excluding hydrogens is 352 g/mol. The number of piperazine rings is 1. The topological polar surface area (TPSA) is 66.4 Å². The Morgan fingerprint density at radius 3 is 2.32 bits per heavy atom. The Kier molecular flexibility index (Phi) is 4.34. The molecule has 1 saturated heterocycles. The molecule has 0 unspecified atom stereocenters. The molecule has 6 heteroatoms. The predicted octanol–water partition coefficient (Wildman–Crippen LogP) is 2.50. The maximum absolute atomic E-state index is 12.7. The summed E-state index contributed by atoms with van der Waals surface area (Å²) in [5.74, 6) is 1.28. The summed E-state index contributed by atoms with van der Waals surface area (Å²) in [5, 5.41) is 0. The molecule has 3 saturated carbocycles. The van der Waals surface area contributed by atoms with Crippen LogP contribution in [0.15, 0.2) is 42.7 Å². The van der Waals surface area contributed by atoms with Gasteiger partial charge in [0.05, 0.1) is 6.54 Å². The van der Waals surface area contributed by atoms with Gasteiger partial charge >= 0.3 is 11.8 Å². The van der Waals surface area contributed by atoms with Crippen LogP contribution in [0.25, 0.3) is 11.1 Å². The van der Waals surface area contributed by atoms with Crippen molar-refractivity contribution in [3.63, 3.8) is 0 Å². The number of hydrogen-bond acceptors (Lipinski definition) is 4. The standard InChI is InChI=1S/C22H24N4O2/c27-21-22(28)26(19-7-6-15-10-17(19)11-15)9-8-25(21)14-20-23-12-18(13-24-20)16-4-2-1-3-5-16/h1-5,12-13,15,17,19H,6-11,14H2/t15?,17?,19-/m1/s1. The van der Waals surface area contributed by atoms with Crippen LogP contribution in [-0.2, 0) is 16.1 Å². The normalized spacial score (nSPS) is 26.9. The molecule has 1 aromatic heterocycles. The fourth-order valence-corrected chi connectivity index (χ4v) is 4.93. The highest BCUT2D eigenvalue weighted by Gasteiger charge is 2.46. The van der Waals surface area contributed by atoms with Crippen molar-refractivity contribution >= 4 is 11.8 Å². The van der Waals surface area contributed by atoms with Gasteiger partial charge in [0.2, 0.25) is 0 Å². The number of rotatable bonds is 4. The molecule has 2 heterocycles. The first-order chi connectivity index (χ1) is 13.7. The maximum atomic E-state index is 12.7. The summed E-state index contributed by atoms with van der Waals surface area (Å²) in [7, 11) is 0. The van der Waals surface area contributed by atoms with E-state index in [0.29, 0.717) is 24.8 Å². The second-order valence-corrected chi connectivity index (χ2v) is 8.22. The first-order valence-electron chi connectivity index (χ1n) is 10.2. The molecule has 1 atom stereocenters. The molecule has 2 aromatic rings. The van der Waals surface area contributed by atoms with E-state index in [-0.39, 0.29) is 18.5 Å². The number of carbonyl (C=O) groups excluding carboxylic acids is 2. The molecule has 1 aliphatic heterocycles. The Morgan fingerprint density at radius 1 is 0.893 bits per heavy atom. The molecular formula is C22H24N4O2. The van der Waals surface area contributed by atoms with E-state index in [1.165, 1.54) is 19.3 Å². The first-order valence-corrected chi connectivity index (χ1v) is 10.2. The molecule has 28 heavy (non-hydrogen) atoms. The number of benzene rings is 1. The molecule has 0 spiro atoms. The van der Waals surface area contributed by atoms with Gasteiger partial charge in [-0.25, -0.2) is 9.97 Å². The van der Waals surface area contributed by atoms with Gasteiger partial charge in [-0.3, -0.25) is 9.59 Å². The van der Waals surface area contributed by atoms with Crippen molar-refractivity contribution in [3.8, 4) is 11.1 Å². The van der Waals surface area contributed by atoms with E-state index in [4.69, 9.17) is 0 Å². The molecule has 6 nitrogen and oxygen atoms in total. The van der Waals surface area contributed by atoms with Gasteiger partial charge in [-0.15, -0.1) is 0 Å². The number of carbonyl (C=O) groups is 2. The number of nitrogens with zero attached hydrogens (tertiary/aromatic N) is 4. The Morgan fingerprint density at radius 2 is 1.64 bits per heavy atom. The minimum Gasteiger partial charge on any atom is -0.329 e. The Hall–Kier alpha value is -2.76. The van der Waals surface area contributed by atoms with Crippen LogP contribution in [0, 0.1) is 11.8 Å². The van der Waals surface area contributed by atoms with E-state index in [0.717, 1.165) is 23.5 Å². The van der Waals surface area contributed by atoms with Crippen molar-refractivity contribution in [2.45, 2.75) is 38.3 Å². The molecule has 3 aliphatic carbocycles. The highest BCUT2D eigenvalue weighted by atomic mass is 16.2. The summed E-state index contributed by atoms with van der Waals surface area (Å²) < 4.78 is 0. The second kappa shape index (κ2) is 7.00. The molecule has 0 N–H and O–H groups in total. The third kappa shape index (κ3) is 3.07. The average molecular weight is 376 g/mol. The predicted molar refractivity (Wildman–Crippen MR) is 104 cm³/mol. The third-order valence-corrected chi connectivity index (χ3v) is 6.57. The molecule has 6 rings (SSSR count). The zero-order valence-electron chi connectivity index (χ0n) is 15.8. The molecule has 0 radical (unpaired) electrons. The van der Waals surface area contributed by atoms with Gasteiger partial charge in [0.15, 0.2) is 0 Å². The van der Waals surface area contributed by atoms with Gasteiger partial charge < -0.3 is 9.80 Å². The quantitative estimate of drug-likeness (QED) is 0.769. The van der Waals surface area contributed by atoms with Crippen molar-refractivity contribution in [3.05, 3.63) is 48.5 Å². The maximum Gasteiger partial charge on any atom is 0.312 e. The van der Waals surface area contributed by atoms with Crippen LogP contribution >= 0.6 is 0 Å². The zero-order valence-corrected chi connectivity index (χ0v) is 15.8. The largest absolute Gasteiger partial charge is 0.329 e. The highest BCUT2D eigenvalue weighted by Crippen LogP contribution is 2.47. The first kappa shape index (κ1) is 17.3. The van der Waals surface area contributed by atoms with Crippen molar-refractivity contribution in [1.82, 2.24) is 19.8 Å². The van der Waals surface area contributed by atoms with E-state index < -0.39 is 5.91 Å². The summed E-state index contributed by atoms with van der Waals surface area (Å²) >= 11 is 0. The zero-order chi connectivity index (χ0) is 19.1. The summed E-state index contributed by atoms with van der Waals surface area (Å²) in [6.45, 7) is 1.46. The van der Waals surface area contributed by atoms with E-state index in [1.807, 2.05) is 35.2 Å². The minimum absolute atomic E-state index is 0.269. The van der Waals surface area contributed by atoms with Gasteiger partial charge in [0.25, 0.3) is 0 Å². The Bertz CT molecular complexity index is 874. The van der Waals surface area contributed by atoms with Gasteiger partial charge in [0, 0.05) is 37.1 Å². The van der Waals surface area contributed by atoms with Crippen LogP contribution in [0.3, 0.4) is 0 Å². The summed E-state index contributed by atoms with van der Waals surface area (Å²) in [4.78, 5) is 37.6. The van der Waals surface area contributed by atoms with Gasteiger partial charge in [-0.2, -0.15) is 0 Å². The molecule has 1 aromatic carbocycles. The number of fused-ring (bicyclic) bond motifs is 2. The Balaban J connectivity index is 1.24. The minimum atomic E-state index is -0.413. The van der Waals surface area contributed by atoms with Crippen molar-refractivity contribution in [2.24, 2.45) is 11.8 Å². The Labute approximate surface area is 164 Å². The fourth-order valence-electron chi connectivity index (χ4n) is 4.93. The number of amides is 2. The van der Waals surface area contributed by atoms with Crippen LogP contribution in [0.4, 0.5) is 0 Å². The summed E-state index contributed by atoms with van der Waals surface area (Å²) in [6.07, 6.45) is 8.26. The monoisotopic (exact) mass is 376 g/mol. The number of hydrogen-bond donors (Lipinski definition) is 0. The lowest BCUT2D eigenvalue weighted by molar-refractivity contribution is -0.161. The lowest BCUT2D eigenvalue weighted by Crippen LogP contribution is -2.61. The molecule has 2 bridgehead atoms. The second-order valence-electron chi connectivity index (χ2n) is 8.22. The SMILES string of the molecule is O=C1C(=O)N([C@@H]2CCC3CC2C3)CCN1Cc1ncc(-c2ccccc2)cn1. The lowest BCUT2D eigenvalue weighted by Gasteiger charge is -2.51. The summed E-state index contributed by atoms with van der Waals surface area (Å²) in [6, 6.07) is 10.2. The third-order valence-electron chi connectivity index (χ3n) is 6.57. The lowest BCUT2D eigenvalue weighted by atomic mass is 9.62. The van der Waals surface area contributed by atoms with Crippen molar-refractivity contribution in [1.29, 1.82) is 0 Å². The average Bonchev–Trinajstić information content (AvgIpc) is 2.72.